The zero-order valence-corrected chi connectivity index (χ0v) is 11.7. The first-order chi connectivity index (χ1) is 8.76. The van der Waals surface area contributed by atoms with E-state index in [1.54, 1.807) is 0 Å². The molecule has 1 aromatic heterocycles. The lowest BCUT2D eigenvalue weighted by atomic mass is 9.93. The molecule has 1 heteroatoms. The quantitative estimate of drug-likeness (QED) is 0.698. The van der Waals surface area contributed by atoms with Crippen LogP contribution in [-0.2, 0) is 0 Å². The summed E-state index contributed by atoms with van der Waals surface area (Å²) in [4.78, 5) is 4.86. The van der Waals surface area contributed by atoms with Crippen molar-refractivity contribution in [2.75, 3.05) is 0 Å². The highest BCUT2D eigenvalue weighted by atomic mass is 14.7. The topological polar surface area (TPSA) is 12.9 Å². The first-order valence-corrected chi connectivity index (χ1v) is 7.12. The summed E-state index contributed by atoms with van der Waals surface area (Å²) in [5.74, 6) is 0.619. The lowest BCUT2D eigenvalue weighted by Gasteiger charge is -2.15. The fourth-order valence-corrected chi connectivity index (χ4v) is 2.60. The third kappa shape index (κ3) is 2.72. The fraction of sp³-hybridized carbons (Fsp3) is 0.471. The molecular weight excluding hydrogens is 218 g/mol. The number of nitrogens with zero attached hydrogens (tertiary/aromatic N) is 1. The molecule has 2 rings (SSSR count). The van der Waals surface area contributed by atoms with Crippen molar-refractivity contribution in [3.63, 3.8) is 0 Å². The molecule has 1 aromatic carbocycles. The van der Waals surface area contributed by atoms with Crippen molar-refractivity contribution >= 4 is 10.9 Å². The largest absolute Gasteiger partial charge is 0.253 e. The molecule has 0 amide bonds. The van der Waals surface area contributed by atoms with E-state index in [1.165, 1.54) is 42.3 Å². The van der Waals surface area contributed by atoms with Crippen molar-refractivity contribution < 1.29 is 0 Å². The molecule has 0 bridgehead atoms. The predicted octanol–water partition coefficient (Wildman–Crippen LogP) is 5.23. The van der Waals surface area contributed by atoms with E-state index in [0.29, 0.717) is 5.92 Å². The normalized spacial score (nSPS) is 12.8. The van der Waals surface area contributed by atoms with Gasteiger partial charge in [-0.25, -0.2) is 0 Å². The van der Waals surface area contributed by atoms with Crippen molar-refractivity contribution in [3.8, 4) is 0 Å². The van der Waals surface area contributed by atoms with Crippen LogP contribution >= 0.6 is 0 Å². The Morgan fingerprint density at radius 3 is 2.67 bits per heavy atom. The molecule has 2 aromatic rings. The Morgan fingerprint density at radius 2 is 1.94 bits per heavy atom. The van der Waals surface area contributed by atoms with Crippen molar-refractivity contribution in [2.24, 2.45) is 0 Å². The summed E-state index contributed by atoms with van der Waals surface area (Å²) < 4.78 is 0. The zero-order chi connectivity index (χ0) is 13.0. The molecule has 0 N–H and O–H groups in total. The Labute approximate surface area is 110 Å². The summed E-state index contributed by atoms with van der Waals surface area (Å²) >= 11 is 0. The van der Waals surface area contributed by atoms with Gasteiger partial charge in [0, 0.05) is 17.0 Å². The summed E-state index contributed by atoms with van der Waals surface area (Å²) in [6, 6.07) is 10.7. The van der Waals surface area contributed by atoms with E-state index in [0.717, 1.165) is 5.52 Å². The van der Waals surface area contributed by atoms with E-state index < -0.39 is 0 Å². The number of fused-ring (bicyclic) bond motifs is 1. The molecule has 0 saturated carbocycles. The molecule has 0 saturated heterocycles. The molecule has 0 aliphatic carbocycles. The van der Waals surface area contributed by atoms with Crippen molar-refractivity contribution in [1.29, 1.82) is 0 Å². The smallest absolute Gasteiger partial charge is 0.0708 e. The minimum absolute atomic E-state index is 0.619. The second-order valence-corrected chi connectivity index (χ2v) is 5.13. The maximum absolute atomic E-state index is 4.86. The summed E-state index contributed by atoms with van der Waals surface area (Å²) in [6.07, 6.45) is 5.01. The lowest BCUT2D eigenvalue weighted by Crippen LogP contribution is -2.01. The van der Waals surface area contributed by atoms with Crippen LogP contribution < -0.4 is 0 Å². The minimum atomic E-state index is 0.619. The van der Waals surface area contributed by atoms with Crippen LogP contribution in [0.2, 0.25) is 0 Å². The molecule has 1 atom stereocenters. The molecule has 0 spiro atoms. The summed E-state index contributed by atoms with van der Waals surface area (Å²) in [6.45, 7) is 6.72. The molecule has 0 aliphatic heterocycles. The van der Waals surface area contributed by atoms with E-state index in [1.807, 2.05) is 0 Å². The van der Waals surface area contributed by atoms with Crippen LogP contribution in [-0.4, -0.2) is 4.98 Å². The van der Waals surface area contributed by atoms with Gasteiger partial charge < -0.3 is 0 Å². The van der Waals surface area contributed by atoms with Gasteiger partial charge in [0.05, 0.1) is 5.52 Å². The predicted molar refractivity (Wildman–Crippen MR) is 79.0 cm³/mol. The summed E-state index contributed by atoms with van der Waals surface area (Å²) in [5, 5.41) is 1.28. The molecule has 0 aliphatic rings. The number of pyridine rings is 1. The number of unbranched alkanes of at least 4 members (excludes halogenated alkanes) is 1. The van der Waals surface area contributed by atoms with Crippen LogP contribution in [0.25, 0.3) is 10.9 Å². The highest BCUT2D eigenvalue weighted by molar-refractivity contribution is 5.82. The van der Waals surface area contributed by atoms with Gasteiger partial charge in [-0.3, -0.25) is 4.98 Å². The average molecular weight is 241 g/mol. The van der Waals surface area contributed by atoms with Crippen molar-refractivity contribution in [1.82, 2.24) is 4.98 Å². The third-order valence-corrected chi connectivity index (χ3v) is 3.76. The monoisotopic (exact) mass is 241 g/mol. The Kier molecular flexibility index (Phi) is 4.35. The first-order valence-electron chi connectivity index (χ1n) is 7.12. The molecule has 0 radical (unpaired) electrons. The fourth-order valence-electron chi connectivity index (χ4n) is 2.60. The molecule has 1 unspecified atom stereocenters. The number of rotatable bonds is 5. The third-order valence-electron chi connectivity index (χ3n) is 3.76. The lowest BCUT2D eigenvalue weighted by molar-refractivity contribution is 0.559. The Balaban J connectivity index is 2.38. The van der Waals surface area contributed by atoms with Gasteiger partial charge in [0.2, 0.25) is 0 Å². The molecule has 1 heterocycles. The standard InChI is InChI=1S/C17H23N/c1-4-6-9-14(5-2)17-12-13(3)15-10-7-8-11-16(15)18-17/h7-8,10-12,14H,4-6,9H2,1-3H3. The second-order valence-electron chi connectivity index (χ2n) is 5.13. The highest BCUT2D eigenvalue weighted by Gasteiger charge is 2.12. The van der Waals surface area contributed by atoms with E-state index in [9.17, 15) is 0 Å². The number of hydrogen-bond donors (Lipinski definition) is 0. The van der Waals surface area contributed by atoms with Gasteiger partial charge >= 0.3 is 0 Å². The van der Waals surface area contributed by atoms with Crippen LogP contribution in [0.4, 0.5) is 0 Å². The van der Waals surface area contributed by atoms with Crippen LogP contribution in [0.1, 0.15) is 56.7 Å². The van der Waals surface area contributed by atoms with Gasteiger partial charge in [0.25, 0.3) is 0 Å². The van der Waals surface area contributed by atoms with E-state index in [-0.39, 0.29) is 0 Å². The van der Waals surface area contributed by atoms with Gasteiger partial charge in [-0.15, -0.1) is 0 Å². The minimum Gasteiger partial charge on any atom is -0.253 e. The molecule has 0 fully saturated rings. The average Bonchev–Trinajstić information content (AvgIpc) is 2.40. The number of para-hydroxylation sites is 1. The Bertz CT molecular complexity index is 516. The van der Waals surface area contributed by atoms with Crippen LogP contribution in [0.5, 0.6) is 0 Å². The van der Waals surface area contributed by atoms with Crippen molar-refractivity contribution in [3.05, 3.63) is 41.6 Å². The maximum atomic E-state index is 4.86. The van der Waals surface area contributed by atoms with Crippen LogP contribution in [0.15, 0.2) is 30.3 Å². The Hall–Kier alpha value is -1.37. The number of hydrogen-bond acceptors (Lipinski definition) is 1. The molecular formula is C17H23N. The maximum Gasteiger partial charge on any atom is 0.0708 e. The molecule has 18 heavy (non-hydrogen) atoms. The summed E-state index contributed by atoms with van der Waals surface area (Å²) in [5.41, 5.74) is 3.77. The number of aryl methyl sites for hydroxylation is 1. The highest BCUT2D eigenvalue weighted by Crippen LogP contribution is 2.27. The van der Waals surface area contributed by atoms with E-state index >= 15 is 0 Å². The summed E-state index contributed by atoms with van der Waals surface area (Å²) in [7, 11) is 0. The van der Waals surface area contributed by atoms with Gasteiger partial charge in [-0.05, 0) is 37.5 Å². The van der Waals surface area contributed by atoms with Crippen LogP contribution in [0.3, 0.4) is 0 Å². The van der Waals surface area contributed by atoms with E-state index in [4.69, 9.17) is 4.98 Å². The second kappa shape index (κ2) is 5.99. The van der Waals surface area contributed by atoms with Crippen LogP contribution in [0, 0.1) is 6.92 Å². The van der Waals surface area contributed by atoms with Gasteiger partial charge in [0.1, 0.15) is 0 Å². The van der Waals surface area contributed by atoms with Crippen molar-refractivity contribution in [2.45, 2.75) is 52.4 Å². The number of benzene rings is 1. The zero-order valence-electron chi connectivity index (χ0n) is 11.7. The van der Waals surface area contributed by atoms with Gasteiger partial charge in [-0.1, -0.05) is 44.9 Å². The molecule has 1 nitrogen and oxygen atoms in total. The Morgan fingerprint density at radius 1 is 1.17 bits per heavy atom. The molecule has 96 valence electrons. The SMILES string of the molecule is CCCCC(CC)c1cc(C)c2ccccc2n1. The van der Waals surface area contributed by atoms with E-state index in [2.05, 4.69) is 51.1 Å². The van der Waals surface area contributed by atoms with Gasteiger partial charge in [0.15, 0.2) is 0 Å². The van der Waals surface area contributed by atoms with Gasteiger partial charge in [-0.2, -0.15) is 0 Å². The first kappa shape index (κ1) is 13.1. The number of aromatic nitrogens is 1.